The van der Waals surface area contributed by atoms with E-state index in [0.29, 0.717) is 12.2 Å². The first-order valence-corrected chi connectivity index (χ1v) is 10.5. The van der Waals surface area contributed by atoms with E-state index < -0.39 is 10.1 Å². The topological polar surface area (TPSA) is 72.8 Å². The highest BCUT2D eigenvalue weighted by molar-refractivity contribution is 7.87. The van der Waals surface area contributed by atoms with Gasteiger partial charge in [0.25, 0.3) is 0 Å². The van der Waals surface area contributed by atoms with Crippen LogP contribution in [0.25, 0.3) is 0 Å². The van der Waals surface area contributed by atoms with Gasteiger partial charge in [-0.3, -0.25) is 0 Å². The summed E-state index contributed by atoms with van der Waals surface area (Å²) in [7, 11) is -3.59. The first-order chi connectivity index (χ1) is 12.5. The van der Waals surface area contributed by atoms with Crippen LogP contribution in [-0.2, 0) is 23.0 Å². The molecule has 26 heavy (non-hydrogen) atoms. The predicted octanol–water partition coefficient (Wildman–Crippen LogP) is 3.69. The quantitative estimate of drug-likeness (QED) is 0.711. The minimum atomic E-state index is -3.59. The highest BCUT2D eigenvalue weighted by Gasteiger charge is 2.24. The lowest BCUT2D eigenvalue weighted by Crippen LogP contribution is -2.13. The number of hydrogen-bond donors (Lipinski definition) is 1. The number of ether oxygens (including phenoxy) is 1. The number of aliphatic hydroxyl groups is 1. The molecular formula is C20H24O5S. The molecule has 0 heterocycles. The van der Waals surface area contributed by atoms with Crippen LogP contribution < -0.4 is 8.92 Å². The van der Waals surface area contributed by atoms with Crippen molar-refractivity contribution in [3.63, 3.8) is 0 Å². The second-order valence-corrected chi connectivity index (χ2v) is 8.32. The molecule has 0 unspecified atom stereocenters. The number of hydrogen-bond acceptors (Lipinski definition) is 5. The Kier molecular flexibility index (Phi) is 5.84. The molecule has 0 bridgehead atoms. The highest BCUT2D eigenvalue weighted by Crippen LogP contribution is 2.36. The molecule has 0 aliphatic heterocycles. The molecule has 0 aromatic heterocycles. The van der Waals surface area contributed by atoms with E-state index >= 15 is 0 Å². The average molecular weight is 376 g/mol. The maximum Gasteiger partial charge on any atom is 0.309 e. The van der Waals surface area contributed by atoms with E-state index in [2.05, 4.69) is 6.07 Å². The van der Waals surface area contributed by atoms with E-state index in [-0.39, 0.29) is 24.0 Å². The molecule has 0 saturated carbocycles. The summed E-state index contributed by atoms with van der Waals surface area (Å²) in [6.45, 7) is 2.09. The van der Waals surface area contributed by atoms with Crippen LogP contribution in [0.15, 0.2) is 42.5 Å². The Morgan fingerprint density at radius 1 is 1.12 bits per heavy atom. The molecule has 2 aromatic carbocycles. The predicted molar refractivity (Wildman–Crippen MR) is 100 cm³/mol. The highest BCUT2D eigenvalue weighted by atomic mass is 32.2. The molecule has 0 amide bonds. The summed E-state index contributed by atoms with van der Waals surface area (Å²) < 4.78 is 35.1. The summed E-state index contributed by atoms with van der Waals surface area (Å²) in [4.78, 5) is 0. The van der Waals surface area contributed by atoms with E-state index in [0.717, 1.165) is 30.6 Å². The van der Waals surface area contributed by atoms with Crippen LogP contribution in [0, 0.1) is 5.92 Å². The second-order valence-electron chi connectivity index (χ2n) is 6.63. The minimum Gasteiger partial charge on any atom is -0.457 e. The van der Waals surface area contributed by atoms with E-state index in [1.165, 1.54) is 5.56 Å². The third-order valence-corrected chi connectivity index (χ3v) is 5.73. The van der Waals surface area contributed by atoms with Crippen LogP contribution in [0.1, 0.15) is 30.9 Å². The van der Waals surface area contributed by atoms with E-state index in [4.69, 9.17) is 8.92 Å². The van der Waals surface area contributed by atoms with Crippen LogP contribution in [0.4, 0.5) is 0 Å². The van der Waals surface area contributed by atoms with Crippen LogP contribution in [0.5, 0.6) is 17.2 Å². The molecule has 0 radical (unpaired) electrons. The third kappa shape index (κ3) is 4.56. The van der Waals surface area contributed by atoms with Crippen molar-refractivity contribution in [2.45, 2.75) is 32.6 Å². The zero-order chi connectivity index (χ0) is 18.6. The van der Waals surface area contributed by atoms with Crippen molar-refractivity contribution in [1.29, 1.82) is 0 Å². The molecule has 2 aromatic rings. The lowest BCUT2D eigenvalue weighted by Gasteiger charge is -2.12. The van der Waals surface area contributed by atoms with Crippen LogP contribution in [0.3, 0.4) is 0 Å². The molecule has 1 aliphatic rings. The first kappa shape index (κ1) is 18.7. The Labute approximate surface area is 154 Å². The molecule has 3 rings (SSSR count). The Bertz CT molecular complexity index is 860. The largest absolute Gasteiger partial charge is 0.457 e. The fourth-order valence-electron chi connectivity index (χ4n) is 3.16. The number of aliphatic hydroxyl groups excluding tert-OH is 1. The summed E-state index contributed by atoms with van der Waals surface area (Å²) in [6.07, 6.45) is 2.99. The van der Waals surface area contributed by atoms with Gasteiger partial charge in [0.1, 0.15) is 17.2 Å². The van der Waals surface area contributed by atoms with Crippen molar-refractivity contribution < 1.29 is 22.4 Å². The van der Waals surface area contributed by atoms with Gasteiger partial charge in [0.05, 0.1) is 5.75 Å². The summed E-state index contributed by atoms with van der Waals surface area (Å²) >= 11 is 0. The molecule has 5 nitrogen and oxygen atoms in total. The van der Waals surface area contributed by atoms with Gasteiger partial charge in [-0.25, -0.2) is 0 Å². The second kappa shape index (κ2) is 8.10. The lowest BCUT2D eigenvalue weighted by molar-refractivity contribution is 0.232. The van der Waals surface area contributed by atoms with Crippen LogP contribution >= 0.6 is 0 Å². The third-order valence-electron chi connectivity index (χ3n) is 4.49. The number of fused-ring (bicyclic) bond motifs is 1. The van der Waals surface area contributed by atoms with Crippen molar-refractivity contribution in [1.82, 2.24) is 0 Å². The summed E-state index contributed by atoms with van der Waals surface area (Å²) in [5, 5.41) is 9.41. The molecule has 0 saturated heterocycles. The SMILES string of the molecule is CCCCS(=O)(=O)Oc1cccc(Oc2cccc3c2C[C@H](CO)C3)c1. The Morgan fingerprint density at radius 3 is 2.65 bits per heavy atom. The van der Waals surface area contributed by atoms with Crippen molar-refractivity contribution in [3.8, 4) is 17.2 Å². The molecular weight excluding hydrogens is 352 g/mol. The first-order valence-electron chi connectivity index (χ1n) is 8.92. The maximum atomic E-state index is 12.0. The maximum absolute atomic E-state index is 12.0. The van der Waals surface area contributed by atoms with Crippen molar-refractivity contribution in [2.24, 2.45) is 5.92 Å². The van der Waals surface area contributed by atoms with E-state index in [9.17, 15) is 13.5 Å². The average Bonchev–Trinajstić information content (AvgIpc) is 3.04. The molecule has 1 N–H and O–H groups in total. The van der Waals surface area contributed by atoms with E-state index in [1.807, 2.05) is 19.1 Å². The normalized spacial score (nSPS) is 16.3. The standard InChI is InChI=1S/C20H24O5S/c1-2-3-10-26(22,23)25-18-8-5-7-17(13-18)24-20-9-4-6-16-11-15(14-21)12-19(16)20/h4-9,13,15,21H,2-3,10-12,14H2,1H3/t15-/m1/s1. The number of rotatable bonds is 8. The van der Waals surface area contributed by atoms with Gasteiger partial charge in [-0.2, -0.15) is 8.42 Å². The van der Waals surface area contributed by atoms with Gasteiger partial charge in [-0.1, -0.05) is 31.5 Å². The van der Waals surface area contributed by atoms with Gasteiger partial charge in [0, 0.05) is 12.7 Å². The Hall–Kier alpha value is -2.05. The molecule has 140 valence electrons. The number of unbranched alkanes of at least 4 members (excludes halogenated alkanes) is 1. The number of benzene rings is 2. The minimum absolute atomic E-state index is 0.00330. The van der Waals surface area contributed by atoms with Gasteiger partial charge in [0.15, 0.2) is 0 Å². The molecule has 1 atom stereocenters. The van der Waals surface area contributed by atoms with Crippen molar-refractivity contribution in [2.75, 3.05) is 12.4 Å². The molecule has 0 spiro atoms. The van der Waals surface area contributed by atoms with Gasteiger partial charge in [0.2, 0.25) is 0 Å². The van der Waals surface area contributed by atoms with Crippen LogP contribution in [-0.4, -0.2) is 25.9 Å². The van der Waals surface area contributed by atoms with Crippen molar-refractivity contribution >= 4 is 10.1 Å². The summed E-state index contributed by atoms with van der Waals surface area (Å²) in [5.74, 6) is 1.74. The van der Waals surface area contributed by atoms with Gasteiger partial charge in [-0.15, -0.1) is 0 Å². The Balaban J connectivity index is 1.76. The molecule has 6 heteroatoms. The van der Waals surface area contributed by atoms with Crippen molar-refractivity contribution in [3.05, 3.63) is 53.6 Å². The monoisotopic (exact) mass is 376 g/mol. The summed E-state index contributed by atoms with van der Waals surface area (Å²) in [5.41, 5.74) is 2.30. The smallest absolute Gasteiger partial charge is 0.309 e. The lowest BCUT2D eigenvalue weighted by atomic mass is 10.1. The summed E-state index contributed by atoms with van der Waals surface area (Å²) in [6, 6.07) is 12.5. The van der Waals surface area contributed by atoms with Gasteiger partial charge in [-0.05, 0) is 54.5 Å². The van der Waals surface area contributed by atoms with Gasteiger partial charge >= 0.3 is 10.1 Å². The zero-order valence-corrected chi connectivity index (χ0v) is 15.7. The molecule has 1 aliphatic carbocycles. The van der Waals surface area contributed by atoms with E-state index in [1.54, 1.807) is 24.3 Å². The fraction of sp³-hybridized carbons (Fsp3) is 0.400. The van der Waals surface area contributed by atoms with Gasteiger partial charge < -0.3 is 14.0 Å². The molecule has 0 fully saturated rings. The fourth-order valence-corrected chi connectivity index (χ4v) is 4.28. The van der Waals surface area contributed by atoms with Crippen LogP contribution in [0.2, 0.25) is 0 Å². The Morgan fingerprint density at radius 2 is 1.88 bits per heavy atom. The zero-order valence-electron chi connectivity index (χ0n) is 14.8.